The number of benzene rings is 2. The molecular weight excluding hydrogens is 405 g/mol. The molecule has 4 nitrogen and oxygen atoms in total. The highest BCUT2D eigenvalue weighted by atomic mass is 35.5. The van der Waals surface area contributed by atoms with E-state index >= 15 is 0 Å². The van der Waals surface area contributed by atoms with Crippen molar-refractivity contribution in [1.29, 1.82) is 0 Å². The number of carbonyl (C=O) groups is 1. The van der Waals surface area contributed by atoms with E-state index in [1.54, 1.807) is 0 Å². The van der Waals surface area contributed by atoms with Gasteiger partial charge in [-0.05, 0) is 61.6 Å². The first-order valence-corrected chi connectivity index (χ1v) is 10.3. The maximum Gasteiger partial charge on any atom is 0.329 e. The molecule has 2 aliphatic rings. The maximum absolute atomic E-state index is 13.1. The Morgan fingerprint density at radius 3 is 2.45 bits per heavy atom. The first-order chi connectivity index (χ1) is 13.6. The molecule has 1 fully saturated rings. The molecule has 2 N–H and O–H groups in total. The molecule has 1 heterocycles. The lowest BCUT2D eigenvalue weighted by atomic mass is 9.68. The SMILES string of the molecule is Cl.NCC1(c2cccc(Cl)c2)CCC(N2C=CCN(c3ccccc3)C2=O)CC1. The van der Waals surface area contributed by atoms with Crippen molar-refractivity contribution < 1.29 is 4.79 Å². The zero-order valence-electron chi connectivity index (χ0n) is 16.3. The van der Waals surface area contributed by atoms with E-state index in [0.717, 1.165) is 36.4 Å². The van der Waals surface area contributed by atoms with Gasteiger partial charge in [-0.1, -0.05) is 41.9 Å². The number of halogens is 2. The van der Waals surface area contributed by atoms with Crippen molar-refractivity contribution in [2.45, 2.75) is 37.1 Å². The van der Waals surface area contributed by atoms with Gasteiger partial charge in [0.1, 0.15) is 0 Å². The first-order valence-electron chi connectivity index (χ1n) is 9.91. The number of amides is 2. The lowest BCUT2D eigenvalue weighted by molar-refractivity contribution is 0.166. The summed E-state index contributed by atoms with van der Waals surface area (Å²) in [6.45, 7) is 1.21. The molecule has 1 saturated carbocycles. The van der Waals surface area contributed by atoms with Crippen LogP contribution in [0, 0.1) is 0 Å². The number of carbonyl (C=O) groups excluding carboxylic acids is 1. The summed E-state index contributed by atoms with van der Waals surface area (Å²) in [5.74, 6) is 0. The highest BCUT2D eigenvalue weighted by Gasteiger charge is 2.39. The summed E-state index contributed by atoms with van der Waals surface area (Å²) >= 11 is 6.22. The van der Waals surface area contributed by atoms with E-state index in [0.29, 0.717) is 13.1 Å². The Balaban J connectivity index is 0.00000240. The van der Waals surface area contributed by atoms with Crippen molar-refractivity contribution in [3.8, 4) is 0 Å². The van der Waals surface area contributed by atoms with Gasteiger partial charge in [0.2, 0.25) is 0 Å². The lowest BCUT2D eigenvalue weighted by Crippen LogP contribution is -2.51. The van der Waals surface area contributed by atoms with Crippen LogP contribution in [0.4, 0.5) is 10.5 Å². The minimum absolute atomic E-state index is 0. The van der Waals surface area contributed by atoms with E-state index < -0.39 is 0 Å². The Labute approximate surface area is 183 Å². The molecule has 0 atom stereocenters. The molecule has 0 aromatic heterocycles. The van der Waals surface area contributed by atoms with Gasteiger partial charge in [-0.15, -0.1) is 12.4 Å². The van der Waals surface area contributed by atoms with E-state index in [-0.39, 0.29) is 29.9 Å². The molecule has 0 bridgehead atoms. The number of nitrogens with two attached hydrogens (primary N) is 1. The van der Waals surface area contributed by atoms with Gasteiger partial charge in [-0.2, -0.15) is 0 Å². The van der Waals surface area contributed by atoms with E-state index in [4.69, 9.17) is 17.3 Å². The lowest BCUT2D eigenvalue weighted by Gasteiger charge is -2.44. The van der Waals surface area contributed by atoms with Crippen LogP contribution in [0.15, 0.2) is 66.9 Å². The molecule has 6 heteroatoms. The van der Waals surface area contributed by atoms with Crippen molar-refractivity contribution in [2.75, 3.05) is 18.0 Å². The molecule has 29 heavy (non-hydrogen) atoms. The van der Waals surface area contributed by atoms with Crippen molar-refractivity contribution in [2.24, 2.45) is 5.73 Å². The molecular formula is C23H27Cl2N3O. The van der Waals surface area contributed by atoms with Crippen molar-refractivity contribution in [1.82, 2.24) is 4.90 Å². The van der Waals surface area contributed by atoms with Crippen LogP contribution in [0.25, 0.3) is 0 Å². The Morgan fingerprint density at radius 1 is 1.07 bits per heavy atom. The van der Waals surface area contributed by atoms with E-state index in [9.17, 15) is 4.79 Å². The van der Waals surface area contributed by atoms with Crippen LogP contribution in [0.5, 0.6) is 0 Å². The normalized spacial score (nSPS) is 24.3. The Bertz CT molecular complexity index is 863. The van der Waals surface area contributed by atoms with Crippen molar-refractivity contribution in [3.05, 3.63) is 77.5 Å². The second kappa shape index (κ2) is 9.21. The van der Waals surface area contributed by atoms with Gasteiger partial charge in [0, 0.05) is 41.5 Å². The predicted octanol–water partition coefficient (Wildman–Crippen LogP) is 5.36. The zero-order valence-corrected chi connectivity index (χ0v) is 17.9. The minimum atomic E-state index is -0.0525. The predicted molar refractivity (Wildman–Crippen MR) is 122 cm³/mol. The fourth-order valence-corrected chi connectivity index (χ4v) is 4.70. The fraction of sp³-hybridized carbons (Fsp3) is 0.348. The van der Waals surface area contributed by atoms with Crippen LogP contribution in [0.3, 0.4) is 0 Å². The van der Waals surface area contributed by atoms with E-state index in [1.165, 1.54) is 5.56 Å². The number of hydrogen-bond donors (Lipinski definition) is 1. The van der Waals surface area contributed by atoms with Gasteiger partial charge in [0.25, 0.3) is 0 Å². The first kappa shape index (κ1) is 21.7. The van der Waals surface area contributed by atoms with Crippen LogP contribution in [-0.4, -0.2) is 30.1 Å². The molecule has 154 valence electrons. The summed E-state index contributed by atoms with van der Waals surface area (Å²) in [6.07, 6.45) is 7.80. The monoisotopic (exact) mass is 431 g/mol. The summed E-state index contributed by atoms with van der Waals surface area (Å²) in [6, 6.07) is 18.2. The minimum Gasteiger partial charge on any atom is -0.330 e. The molecule has 0 spiro atoms. The topological polar surface area (TPSA) is 49.6 Å². The zero-order chi connectivity index (χ0) is 19.6. The Kier molecular flexibility index (Phi) is 6.89. The summed E-state index contributed by atoms with van der Waals surface area (Å²) in [7, 11) is 0. The third kappa shape index (κ3) is 4.30. The van der Waals surface area contributed by atoms with E-state index in [2.05, 4.69) is 12.1 Å². The second-order valence-electron chi connectivity index (χ2n) is 7.75. The number of urea groups is 1. The summed E-state index contributed by atoms with van der Waals surface area (Å²) < 4.78 is 0. The standard InChI is InChI=1S/C23H26ClN3O.ClH/c24-19-7-4-6-18(16-19)23(17-25)12-10-21(11-13-23)27-15-5-14-26(22(27)28)20-8-2-1-3-9-20;/h1-9,15-16,21H,10-14,17,25H2;1H. The number of anilines is 1. The van der Waals surface area contributed by atoms with Crippen LogP contribution >= 0.6 is 24.0 Å². The Hall–Kier alpha value is -2.01. The van der Waals surface area contributed by atoms with Gasteiger partial charge in [0.05, 0.1) is 0 Å². The van der Waals surface area contributed by atoms with Crippen LogP contribution in [0.2, 0.25) is 5.02 Å². The molecule has 0 radical (unpaired) electrons. The van der Waals surface area contributed by atoms with Gasteiger partial charge >= 0.3 is 6.03 Å². The number of para-hydroxylation sites is 1. The Morgan fingerprint density at radius 2 is 1.79 bits per heavy atom. The van der Waals surface area contributed by atoms with Gasteiger partial charge in [0.15, 0.2) is 0 Å². The highest BCUT2D eigenvalue weighted by Crippen LogP contribution is 2.41. The largest absolute Gasteiger partial charge is 0.330 e. The average Bonchev–Trinajstić information content (AvgIpc) is 2.75. The average molecular weight is 432 g/mol. The molecule has 2 aromatic rings. The third-order valence-corrected chi connectivity index (χ3v) is 6.44. The summed E-state index contributed by atoms with van der Waals surface area (Å²) in [4.78, 5) is 16.9. The molecule has 2 aromatic carbocycles. The van der Waals surface area contributed by atoms with Gasteiger partial charge in [-0.3, -0.25) is 9.80 Å². The molecule has 1 aliphatic heterocycles. The third-order valence-electron chi connectivity index (χ3n) is 6.21. The van der Waals surface area contributed by atoms with Crippen LogP contribution < -0.4 is 10.6 Å². The molecule has 0 saturated heterocycles. The van der Waals surface area contributed by atoms with Gasteiger partial charge in [-0.25, -0.2) is 4.79 Å². The summed E-state index contributed by atoms with van der Waals surface area (Å²) in [5.41, 5.74) is 8.32. The van der Waals surface area contributed by atoms with Crippen molar-refractivity contribution >= 4 is 35.7 Å². The number of rotatable bonds is 4. The number of hydrogen-bond acceptors (Lipinski definition) is 2. The molecule has 1 aliphatic carbocycles. The quantitative estimate of drug-likeness (QED) is 0.708. The second-order valence-corrected chi connectivity index (χ2v) is 8.18. The molecule has 0 unspecified atom stereocenters. The summed E-state index contributed by atoms with van der Waals surface area (Å²) in [5, 5.41) is 0.750. The fourth-order valence-electron chi connectivity index (χ4n) is 4.51. The van der Waals surface area contributed by atoms with Crippen LogP contribution in [0.1, 0.15) is 31.2 Å². The highest BCUT2D eigenvalue weighted by molar-refractivity contribution is 6.30. The molecule has 2 amide bonds. The molecule has 4 rings (SSSR count). The maximum atomic E-state index is 13.1. The van der Waals surface area contributed by atoms with Gasteiger partial charge < -0.3 is 5.73 Å². The smallest absolute Gasteiger partial charge is 0.329 e. The van der Waals surface area contributed by atoms with Crippen LogP contribution in [-0.2, 0) is 5.41 Å². The van der Waals surface area contributed by atoms with Crippen molar-refractivity contribution in [3.63, 3.8) is 0 Å². The van der Waals surface area contributed by atoms with E-state index in [1.807, 2.05) is 64.5 Å². The number of nitrogens with zero attached hydrogens (tertiary/aromatic N) is 2.